The van der Waals surface area contributed by atoms with E-state index < -0.39 is 0 Å². The number of benzene rings is 3. The number of nitrogens with zero attached hydrogens (tertiary/aromatic N) is 1. The monoisotopic (exact) mass is 423 g/mol. The molecule has 0 fully saturated rings. The minimum atomic E-state index is 0.516. The van der Waals surface area contributed by atoms with Gasteiger partial charge in [-0.05, 0) is 30.2 Å². The van der Waals surface area contributed by atoms with E-state index in [0.717, 1.165) is 44.8 Å². The first-order valence-electron chi connectivity index (χ1n) is 8.63. The molecule has 4 rings (SSSR count). The molecule has 4 aromatic rings. The van der Waals surface area contributed by atoms with Crippen LogP contribution in [-0.2, 0) is 0 Å². The summed E-state index contributed by atoms with van der Waals surface area (Å²) in [4.78, 5) is 16.1. The van der Waals surface area contributed by atoms with Gasteiger partial charge in [-0.2, -0.15) is 0 Å². The number of aromatic nitrogens is 1. The second kappa shape index (κ2) is 7.88. The molecule has 0 aliphatic rings. The molecule has 0 unspecified atom stereocenters. The highest BCUT2D eigenvalue weighted by molar-refractivity contribution is 7.13. The maximum atomic E-state index is 11.4. The summed E-state index contributed by atoms with van der Waals surface area (Å²) in [6, 6.07) is 19.5. The zero-order valence-corrected chi connectivity index (χ0v) is 17.3. The van der Waals surface area contributed by atoms with E-state index in [1.54, 1.807) is 17.4 Å². The number of carbonyl (C=O) groups excluding carboxylic acids is 1. The summed E-state index contributed by atoms with van der Waals surface area (Å²) in [5.74, 6) is 0. The lowest BCUT2D eigenvalue weighted by atomic mass is 9.97. The highest BCUT2D eigenvalue weighted by Gasteiger charge is 2.10. The fourth-order valence-electron chi connectivity index (χ4n) is 3.01. The standard InChI is InChI=1S/C23H15Cl2NOS/c1-14-2-3-18(12-27)19(10-14)15-4-6-16(7-5-15)23-26-22(13-28-23)17-8-9-20(24)21(25)11-17/h2-13H,1H3. The van der Waals surface area contributed by atoms with E-state index in [1.165, 1.54) is 0 Å². The number of hydrogen-bond donors (Lipinski definition) is 0. The zero-order chi connectivity index (χ0) is 19.7. The molecule has 0 aliphatic heterocycles. The summed E-state index contributed by atoms with van der Waals surface area (Å²) in [5, 5.41) is 3.98. The molecule has 5 heteroatoms. The third-order valence-electron chi connectivity index (χ3n) is 4.50. The lowest BCUT2D eigenvalue weighted by molar-refractivity contribution is 0.112. The average Bonchev–Trinajstić information content (AvgIpc) is 3.20. The Kier molecular flexibility index (Phi) is 5.31. The van der Waals surface area contributed by atoms with Crippen LogP contribution in [0, 0.1) is 6.92 Å². The maximum absolute atomic E-state index is 11.4. The summed E-state index contributed by atoms with van der Waals surface area (Å²) in [5.41, 5.74) is 6.59. The van der Waals surface area contributed by atoms with Crippen molar-refractivity contribution in [2.24, 2.45) is 0 Å². The van der Waals surface area contributed by atoms with Gasteiger partial charge in [0.15, 0.2) is 6.29 Å². The van der Waals surface area contributed by atoms with Gasteiger partial charge < -0.3 is 0 Å². The van der Waals surface area contributed by atoms with Crippen LogP contribution in [0.3, 0.4) is 0 Å². The van der Waals surface area contributed by atoms with Crippen LogP contribution >= 0.6 is 34.5 Å². The SMILES string of the molecule is Cc1ccc(C=O)c(-c2ccc(-c3nc(-c4ccc(Cl)c(Cl)c4)cs3)cc2)c1. The molecule has 28 heavy (non-hydrogen) atoms. The van der Waals surface area contributed by atoms with Crippen molar-refractivity contribution in [3.8, 4) is 33.0 Å². The van der Waals surface area contributed by atoms with Crippen molar-refractivity contribution < 1.29 is 4.79 Å². The van der Waals surface area contributed by atoms with E-state index in [9.17, 15) is 4.79 Å². The van der Waals surface area contributed by atoms with Crippen molar-refractivity contribution in [1.82, 2.24) is 4.98 Å². The first-order valence-corrected chi connectivity index (χ1v) is 10.3. The zero-order valence-electron chi connectivity index (χ0n) is 14.9. The second-order valence-electron chi connectivity index (χ2n) is 6.45. The first-order chi connectivity index (χ1) is 13.5. The molecule has 0 radical (unpaired) electrons. The highest BCUT2D eigenvalue weighted by atomic mass is 35.5. The molecular formula is C23H15Cl2NOS. The van der Waals surface area contributed by atoms with Crippen molar-refractivity contribution in [1.29, 1.82) is 0 Å². The Morgan fingerprint density at radius 2 is 1.57 bits per heavy atom. The van der Waals surface area contributed by atoms with Gasteiger partial charge in [-0.3, -0.25) is 4.79 Å². The number of hydrogen-bond acceptors (Lipinski definition) is 3. The molecule has 0 N–H and O–H groups in total. The summed E-state index contributed by atoms with van der Waals surface area (Å²) >= 11 is 13.7. The van der Waals surface area contributed by atoms with Crippen LogP contribution < -0.4 is 0 Å². The number of halogens is 2. The molecule has 0 amide bonds. The molecular weight excluding hydrogens is 409 g/mol. The summed E-state index contributed by atoms with van der Waals surface area (Å²) in [6.45, 7) is 2.02. The molecule has 0 aliphatic carbocycles. The van der Waals surface area contributed by atoms with Crippen molar-refractivity contribution in [3.63, 3.8) is 0 Å². The van der Waals surface area contributed by atoms with E-state index in [-0.39, 0.29) is 0 Å². The lowest BCUT2D eigenvalue weighted by Gasteiger charge is -2.07. The van der Waals surface area contributed by atoms with Crippen LogP contribution in [0.1, 0.15) is 15.9 Å². The van der Waals surface area contributed by atoms with Gasteiger partial charge in [0.1, 0.15) is 5.01 Å². The Labute approximate surface area is 177 Å². The van der Waals surface area contributed by atoms with Crippen LogP contribution in [-0.4, -0.2) is 11.3 Å². The topological polar surface area (TPSA) is 30.0 Å². The predicted molar refractivity (Wildman–Crippen MR) is 119 cm³/mol. The molecule has 138 valence electrons. The third kappa shape index (κ3) is 3.74. The first kappa shape index (κ1) is 18.9. The van der Waals surface area contributed by atoms with Gasteiger partial charge in [0, 0.05) is 22.1 Å². The number of aldehydes is 1. The molecule has 0 bridgehead atoms. The highest BCUT2D eigenvalue weighted by Crippen LogP contribution is 2.33. The largest absolute Gasteiger partial charge is 0.298 e. The lowest BCUT2D eigenvalue weighted by Crippen LogP contribution is -1.89. The smallest absolute Gasteiger partial charge is 0.150 e. The average molecular weight is 424 g/mol. The second-order valence-corrected chi connectivity index (χ2v) is 8.13. The van der Waals surface area contributed by atoms with Crippen LogP contribution in [0.4, 0.5) is 0 Å². The van der Waals surface area contributed by atoms with Gasteiger partial charge in [0.25, 0.3) is 0 Å². The van der Waals surface area contributed by atoms with Crippen LogP contribution in [0.25, 0.3) is 33.0 Å². The molecule has 3 aromatic carbocycles. The van der Waals surface area contributed by atoms with Crippen LogP contribution in [0.5, 0.6) is 0 Å². The summed E-state index contributed by atoms with van der Waals surface area (Å²) in [7, 11) is 0. The van der Waals surface area contributed by atoms with Gasteiger partial charge in [-0.15, -0.1) is 11.3 Å². The van der Waals surface area contributed by atoms with E-state index in [0.29, 0.717) is 15.6 Å². The number of thiazole rings is 1. The summed E-state index contributed by atoms with van der Waals surface area (Å²) < 4.78 is 0. The van der Waals surface area contributed by atoms with E-state index in [2.05, 4.69) is 0 Å². The Hall–Kier alpha value is -2.46. The molecule has 0 saturated carbocycles. The van der Waals surface area contributed by atoms with Crippen LogP contribution in [0.15, 0.2) is 66.0 Å². The van der Waals surface area contributed by atoms with Crippen LogP contribution in [0.2, 0.25) is 10.0 Å². The number of aryl methyl sites for hydroxylation is 1. The van der Waals surface area contributed by atoms with Gasteiger partial charge in [0.05, 0.1) is 15.7 Å². The normalized spacial score (nSPS) is 10.8. The van der Waals surface area contributed by atoms with Gasteiger partial charge >= 0.3 is 0 Å². The Morgan fingerprint density at radius 1 is 0.857 bits per heavy atom. The van der Waals surface area contributed by atoms with Gasteiger partial charge in [-0.1, -0.05) is 77.3 Å². The molecule has 0 spiro atoms. The van der Waals surface area contributed by atoms with E-state index in [1.807, 2.05) is 66.9 Å². The molecule has 0 atom stereocenters. The number of carbonyl (C=O) groups is 1. The van der Waals surface area contributed by atoms with Gasteiger partial charge in [-0.25, -0.2) is 4.98 Å². The fourth-order valence-corrected chi connectivity index (χ4v) is 4.14. The quantitative estimate of drug-likeness (QED) is 0.316. The minimum Gasteiger partial charge on any atom is -0.298 e. The summed E-state index contributed by atoms with van der Waals surface area (Å²) in [6.07, 6.45) is 0.896. The Morgan fingerprint density at radius 3 is 2.29 bits per heavy atom. The van der Waals surface area contributed by atoms with Crippen molar-refractivity contribution in [3.05, 3.63) is 87.2 Å². The predicted octanol–water partition coefficient (Wildman–Crippen LogP) is 7.57. The molecule has 1 heterocycles. The van der Waals surface area contributed by atoms with E-state index in [4.69, 9.17) is 28.2 Å². The van der Waals surface area contributed by atoms with E-state index >= 15 is 0 Å². The maximum Gasteiger partial charge on any atom is 0.150 e. The minimum absolute atomic E-state index is 0.516. The molecule has 2 nitrogen and oxygen atoms in total. The number of rotatable bonds is 4. The Bertz CT molecular complexity index is 1170. The molecule has 1 aromatic heterocycles. The Balaban J connectivity index is 1.65. The van der Waals surface area contributed by atoms with Crippen molar-refractivity contribution >= 4 is 40.8 Å². The fraction of sp³-hybridized carbons (Fsp3) is 0.0435. The van der Waals surface area contributed by atoms with Crippen molar-refractivity contribution in [2.75, 3.05) is 0 Å². The molecule has 0 saturated heterocycles. The van der Waals surface area contributed by atoms with Gasteiger partial charge in [0.2, 0.25) is 0 Å². The third-order valence-corrected chi connectivity index (χ3v) is 6.13. The van der Waals surface area contributed by atoms with Crippen molar-refractivity contribution in [2.45, 2.75) is 6.92 Å².